The number of thiazole rings is 1. The molecule has 0 saturated heterocycles. The van der Waals surface area contributed by atoms with Crippen LogP contribution < -0.4 is 15.6 Å². The number of aromatic nitrogens is 3. The summed E-state index contributed by atoms with van der Waals surface area (Å²) in [6.07, 6.45) is 0.0694. The molecule has 2 heterocycles. The summed E-state index contributed by atoms with van der Waals surface area (Å²) in [6, 6.07) is 20.2. The van der Waals surface area contributed by atoms with Crippen molar-refractivity contribution < 1.29 is 9.53 Å². The Morgan fingerprint density at radius 2 is 1.79 bits per heavy atom. The highest BCUT2D eigenvalue weighted by molar-refractivity contribution is 7.18. The molecule has 174 valence electrons. The monoisotopic (exact) mass is 474 g/mol. The van der Waals surface area contributed by atoms with Crippen molar-refractivity contribution in [2.24, 2.45) is 0 Å². The third-order valence-electron chi connectivity index (χ3n) is 5.01. The Hall–Kier alpha value is -3.78. The quantitative estimate of drug-likeness (QED) is 0.405. The Morgan fingerprint density at radius 3 is 2.50 bits per heavy atom. The summed E-state index contributed by atoms with van der Waals surface area (Å²) in [4.78, 5) is 30.4. The number of benzene rings is 2. The summed E-state index contributed by atoms with van der Waals surface area (Å²) in [5.41, 5.74) is 2.89. The molecule has 0 radical (unpaired) electrons. The Bertz CT molecular complexity index is 1330. The maximum absolute atomic E-state index is 12.5. The standard InChI is InChI=1S/C26H26N4O3S/c1-17(2)33-21-11-9-19(10-12-21)25(32)27-15-16-30-23(31)14-13-22(29-30)24-18(3)28-26(34-24)20-7-5-4-6-8-20/h4-14,17H,15-16H2,1-3H3,(H,27,32). The predicted molar refractivity (Wildman–Crippen MR) is 134 cm³/mol. The molecule has 8 heteroatoms. The number of rotatable bonds is 8. The Morgan fingerprint density at radius 1 is 1.06 bits per heavy atom. The van der Waals surface area contributed by atoms with E-state index in [1.54, 1.807) is 41.7 Å². The number of nitrogens with one attached hydrogen (secondary N) is 1. The van der Waals surface area contributed by atoms with Gasteiger partial charge in [0.05, 0.1) is 23.2 Å². The van der Waals surface area contributed by atoms with Crippen LogP contribution in [-0.2, 0) is 6.54 Å². The zero-order chi connectivity index (χ0) is 24.1. The molecule has 2 aromatic carbocycles. The lowest BCUT2D eigenvalue weighted by Gasteiger charge is -2.10. The van der Waals surface area contributed by atoms with E-state index >= 15 is 0 Å². The number of hydrogen-bond acceptors (Lipinski definition) is 6. The van der Waals surface area contributed by atoms with E-state index in [-0.39, 0.29) is 30.7 Å². The molecule has 1 amide bonds. The summed E-state index contributed by atoms with van der Waals surface area (Å²) in [5.74, 6) is 0.499. The van der Waals surface area contributed by atoms with Gasteiger partial charge in [-0.2, -0.15) is 5.10 Å². The molecule has 0 atom stereocenters. The fourth-order valence-electron chi connectivity index (χ4n) is 3.40. The fraction of sp³-hybridized carbons (Fsp3) is 0.231. The number of hydrogen-bond donors (Lipinski definition) is 1. The highest BCUT2D eigenvalue weighted by atomic mass is 32.1. The van der Waals surface area contributed by atoms with Crippen molar-refractivity contribution in [1.82, 2.24) is 20.1 Å². The van der Waals surface area contributed by atoms with E-state index < -0.39 is 0 Å². The average molecular weight is 475 g/mol. The van der Waals surface area contributed by atoms with Crippen LogP contribution in [0, 0.1) is 6.92 Å². The summed E-state index contributed by atoms with van der Waals surface area (Å²) in [5, 5.41) is 8.27. The average Bonchev–Trinajstić information content (AvgIpc) is 3.22. The fourth-order valence-corrected chi connectivity index (χ4v) is 4.44. The third kappa shape index (κ3) is 5.58. The highest BCUT2D eigenvalue weighted by Gasteiger charge is 2.14. The van der Waals surface area contributed by atoms with Crippen LogP contribution in [0.15, 0.2) is 71.5 Å². The van der Waals surface area contributed by atoms with E-state index in [0.717, 1.165) is 21.1 Å². The van der Waals surface area contributed by atoms with Crippen LogP contribution in [0.3, 0.4) is 0 Å². The van der Waals surface area contributed by atoms with E-state index in [4.69, 9.17) is 4.74 Å². The molecule has 4 aromatic rings. The van der Waals surface area contributed by atoms with Crippen molar-refractivity contribution >= 4 is 17.2 Å². The van der Waals surface area contributed by atoms with Crippen molar-refractivity contribution in [3.63, 3.8) is 0 Å². The molecular formula is C26H26N4O3S. The van der Waals surface area contributed by atoms with Crippen molar-refractivity contribution in [3.05, 3.63) is 88.3 Å². The van der Waals surface area contributed by atoms with Crippen LogP contribution >= 0.6 is 11.3 Å². The molecule has 4 rings (SSSR count). The van der Waals surface area contributed by atoms with Gasteiger partial charge in [-0.05, 0) is 51.1 Å². The van der Waals surface area contributed by atoms with E-state index in [1.165, 1.54) is 10.7 Å². The van der Waals surface area contributed by atoms with Crippen LogP contribution in [0.5, 0.6) is 5.75 Å². The second-order valence-electron chi connectivity index (χ2n) is 8.03. The number of amides is 1. The molecule has 0 unspecified atom stereocenters. The second kappa shape index (κ2) is 10.4. The molecule has 0 aliphatic rings. The van der Waals surface area contributed by atoms with Crippen LogP contribution in [0.25, 0.3) is 21.1 Å². The largest absolute Gasteiger partial charge is 0.491 e. The number of carbonyl (C=O) groups is 1. The summed E-state index contributed by atoms with van der Waals surface area (Å²) in [6.45, 7) is 6.37. The number of carbonyl (C=O) groups excluding carboxylic acids is 1. The van der Waals surface area contributed by atoms with Crippen molar-refractivity contribution in [1.29, 1.82) is 0 Å². The van der Waals surface area contributed by atoms with Gasteiger partial charge in [-0.1, -0.05) is 30.3 Å². The lowest BCUT2D eigenvalue weighted by molar-refractivity contribution is 0.0951. The molecule has 7 nitrogen and oxygen atoms in total. The maximum atomic E-state index is 12.5. The minimum absolute atomic E-state index is 0.0694. The number of aryl methyl sites for hydroxylation is 1. The van der Waals surface area contributed by atoms with Crippen molar-refractivity contribution in [2.45, 2.75) is 33.4 Å². The number of ether oxygens (including phenoxy) is 1. The van der Waals surface area contributed by atoms with Crippen LogP contribution in [0.2, 0.25) is 0 Å². The molecule has 2 aromatic heterocycles. The minimum atomic E-state index is -0.223. The number of nitrogens with zero attached hydrogens (tertiary/aromatic N) is 3. The van der Waals surface area contributed by atoms with Crippen LogP contribution in [-0.4, -0.2) is 33.3 Å². The van der Waals surface area contributed by atoms with Gasteiger partial charge in [-0.15, -0.1) is 11.3 Å². The second-order valence-corrected chi connectivity index (χ2v) is 9.03. The van der Waals surface area contributed by atoms with Crippen molar-refractivity contribution in [2.75, 3.05) is 6.54 Å². The van der Waals surface area contributed by atoms with Gasteiger partial charge in [0, 0.05) is 23.7 Å². The van der Waals surface area contributed by atoms with Gasteiger partial charge >= 0.3 is 0 Å². The molecule has 0 saturated carbocycles. The van der Waals surface area contributed by atoms with Gasteiger partial charge < -0.3 is 10.1 Å². The highest BCUT2D eigenvalue weighted by Crippen LogP contribution is 2.33. The molecule has 0 bridgehead atoms. The van der Waals surface area contributed by atoms with E-state index in [1.807, 2.05) is 51.1 Å². The predicted octanol–water partition coefficient (Wildman–Crippen LogP) is 4.56. The molecule has 0 fully saturated rings. The van der Waals surface area contributed by atoms with Gasteiger partial charge in [-0.3, -0.25) is 9.59 Å². The Labute approximate surface area is 202 Å². The van der Waals surface area contributed by atoms with E-state index in [9.17, 15) is 9.59 Å². The van der Waals surface area contributed by atoms with Gasteiger partial charge in [0.25, 0.3) is 11.5 Å². The van der Waals surface area contributed by atoms with Crippen LogP contribution in [0.1, 0.15) is 29.9 Å². The van der Waals surface area contributed by atoms with E-state index in [2.05, 4.69) is 15.4 Å². The zero-order valence-corrected chi connectivity index (χ0v) is 20.1. The Balaban J connectivity index is 1.43. The lowest BCUT2D eigenvalue weighted by atomic mass is 10.2. The molecule has 34 heavy (non-hydrogen) atoms. The normalized spacial score (nSPS) is 10.9. The van der Waals surface area contributed by atoms with Crippen molar-refractivity contribution in [3.8, 4) is 26.9 Å². The first-order valence-corrected chi connectivity index (χ1v) is 11.9. The molecule has 1 N–H and O–H groups in total. The Kier molecular flexibility index (Phi) is 7.18. The van der Waals surface area contributed by atoms with Gasteiger partial charge in [-0.25, -0.2) is 9.67 Å². The topological polar surface area (TPSA) is 86.1 Å². The first kappa shape index (κ1) is 23.4. The summed E-state index contributed by atoms with van der Waals surface area (Å²) >= 11 is 1.54. The SMILES string of the molecule is Cc1nc(-c2ccccc2)sc1-c1ccc(=O)n(CCNC(=O)c2ccc(OC(C)C)cc2)n1. The molecule has 0 spiro atoms. The van der Waals surface area contributed by atoms with Gasteiger partial charge in [0.1, 0.15) is 16.5 Å². The summed E-state index contributed by atoms with van der Waals surface area (Å²) < 4.78 is 6.97. The third-order valence-corrected chi connectivity index (χ3v) is 6.24. The maximum Gasteiger partial charge on any atom is 0.266 e. The smallest absolute Gasteiger partial charge is 0.266 e. The lowest BCUT2D eigenvalue weighted by Crippen LogP contribution is -2.31. The minimum Gasteiger partial charge on any atom is -0.491 e. The molecule has 0 aliphatic carbocycles. The summed E-state index contributed by atoms with van der Waals surface area (Å²) in [7, 11) is 0. The van der Waals surface area contributed by atoms with E-state index in [0.29, 0.717) is 17.0 Å². The molecule has 0 aliphatic heterocycles. The zero-order valence-electron chi connectivity index (χ0n) is 19.3. The van der Waals surface area contributed by atoms with Gasteiger partial charge in [0.15, 0.2) is 0 Å². The molecular weight excluding hydrogens is 448 g/mol. The first-order valence-electron chi connectivity index (χ1n) is 11.1. The van der Waals surface area contributed by atoms with Gasteiger partial charge in [0.2, 0.25) is 0 Å². The van der Waals surface area contributed by atoms with Crippen LogP contribution in [0.4, 0.5) is 0 Å². The first-order chi connectivity index (χ1) is 16.4.